The molecule has 2 aliphatic carbocycles. The largest absolute Gasteiger partial charge is 0.331 e. The van der Waals surface area contributed by atoms with Gasteiger partial charge in [-0.1, -0.05) is 13.0 Å². The summed E-state index contributed by atoms with van der Waals surface area (Å²) in [6.07, 6.45) is 7.37. The van der Waals surface area contributed by atoms with Gasteiger partial charge < -0.3 is 10.2 Å². The molecule has 0 spiro atoms. The van der Waals surface area contributed by atoms with E-state index in [1.54, 1.807) is 6.92 Å². The Morgan fingerprint density at radius 2 is 1.65 bits per heavy atom. The Balaban J connectivity index is 1.23. The molecule has 1 saturated heterocycles. The highest BCUT2D eigenvalue weighted by molar-refractivity contribution is 7.91. The zero-order valence-electron chi connectivity index (χ0n) is 23.3. The molecule has 1 N–H and O–H groups in total. The van der Waals surface area contributed by atoms with Crippen molar-refractivity contribution in [3.8, 4) is 0 Å². The van der Waals surface area contributed by atoms with E-state index >= 15 is 0 Å². The quantitative estimate of drug-likeness (QED) is 0.412. The van der Waals surface area contributed by atoms with Crippen LogP contribution in [0.2, 0.25) is 0 Å². The fourth-order valence-electron chi connectivity index (χ4n) is 5.58. The molecule has 0 bridgehead atoms. The van der Waals surface area contributed by atoms with E-state index in [2.05, 4.69) is 58.1 Å². The van der Waals surface area contributed by atoms with Gasteiger partial charge in [-0.05, 0) is 57.7 Å². The van der Waals surface area contributed by atoms with Crippen LogP contribution in [0.15, 0.2) is 41.6 Å². The minimum Gasteiger partial charge on any atom is -0.331 e. The number of hydrogen-bond acceptors (Lipinski definition) is 7. The molecule has 1 aliphatic heterocycles. The monoisotopic (exact) mass is 563 g/mol. The van der Waals surface area contributed by atoms with Gasteiger partial charge in [-0.3, -0.25) is 9.67 Å². The topological polar surface area (TPSA) is 123 Å². The molecule has 4 heterocycles. The molecular weight excluding hydrogens is 526 g/mol. The van der Waals surface area contributed by atoms with Crippen LogP contribution < -0.4 is 5.32 Å². The minimum absolute atomic E-state index is 0.0139. The number of rotatable bonds is 9. The number of carbonyl (C=O) groups is 1. The van der Waals surface area contributed by atoms with E-state index in [-0.39, 0.29) is 41.1 Å². The van der Waals surface area contributed by atoms with E-state index in [0.29, 0.717) is 30.7 Å². The molecule has 40 heavy (non-hydrogen) atoms. The molecule has 6 rings (SSSR count). The van der Waals surface area contributed by atoms with E-state index in [4.69, 9.17) is 10.1 Å². The Hall–Kier alpha value is -3.34. The standard InChI is InChI=1S/C29H37N7O3S/c1-4-40(38,39)21-13-30-28(31-14-21)15-32-29(37)35-16-22(25-7-5-6-24(33-25)19-8-9-19)23(17-35)27-12-26(20-10-11-20)34-36(27)18(2)3/h5-7,12-14,18-20,22-23H,4,8-11,15-17H2,1-3H3,(H,32,37). The second kappa shape index (κ2) is 10.6. The maximum Gasteiger partial charge on any atom is 0.317 e. The van der Waals surface area contributed by atoms with Gasteiger partial charge in [-0.2, -0.15) is 5.10 Å². The first-order chi connectivity index (χ1) is 19.2. The fourth-order valence-corrected chi connectivity index (χ4v) is 6.34. The van der Waals surface area contributed by atoms with Crippen molar-refractivity contribution in [1.82, 2.24) is 34.9 Å². The molecule has 2 amide bonds. The maximum atomic E-state index is 13.4. The lowest BCUT2D eigenvalue weighted by Crippen LogP contribution is -2.38. The number of amides is 2. The molecule has 0 aromatic carbocycles. The Bertz CT molecular complexity index is 1490. The van der Waals surface area contributed by atoms with Crippen LogP contribution in [0.5, 0.6) is 0 Å². The second-order valence-electron chi connectivity index (χ2n) is 11.6. The summed E-state index contributed by atoms with van der Waals surface area (Å²) in [6, 6.07) is 8.61. The Morgan fingerprint density at radius 3 is 2.30 bits per heavy atom. The smallest absolute Gasteiger partial charge is 0.317 e. The summed E-state index contributed by atoms with van der Waals surface area (Å²) in [6.45, 7) is 7.12. The molecule has 0 radical (unpaired) electrons. The first-order valence-electron chi connectivity index (χ1n) is 14.4. The van der Waals surface area contributed by atoms with Crippen LogP contribution in [0.25, 0.3) is 0 Å². The van der Waals surface area contributed by atoms with E-state index in [1.807, 2.05) is 4.90 Å². The van der Waals surface area contributed by atoms with Gasteiger partial charge in [0.1, 0.15) is 10.7 Å². The third-order valence-corrected chi connectivity index (χ3v) is 9.93. The van der Waals surface area contributed by atoms with Gasteiger partial charge in [0.2, 0.25) is 0 Å². The molecule has 3 fully saturated rings. The number of nitrogens with one attached hydrogen (secondary N) is 1. The van der Waals surface area contributed by atoms with E-state index in [1.165, 1.54) is 43.8 Å². The highest BCUT2D eigenvalue weighted by atomic mass is 32.2. The SMILES string of the molecule is CCS(=O)(=O)c1cnc(CNC(=O)N2CC(c3cccc(C4CC4)n3)C(c3cc(C4CC4)nn3C(C)C)C2)nc1. The van der Waals surface area contributed by atoms with Crippen molar-refractivity contribution < 1.29 is 13.2 Å². The Labute approximate surface area is 235 Å². The van der Waals surface area contributed by atoms with Gasteiger partial charge in [-0.15, -0.1) is 0 Å². The van der Waals surface area contributed by atoms with Crippen LogP contribution in [0.4, 0.5) is 4.79 Å². The Morgan fingerprint density at radius 1 is 1.00 bits per heavy atom. The first kappa shape index (κ1) is 26.9. The zero-order valence-corrected chi connectivity index (χ0v) is 24.1. The first-order valence-corrected chi connectivity index (χ1v) is 16.0. The maximum absolute atomic E-state index is 13.4. The minimum atomic E-state index is -3.37. The predicted octanol–water partition coefficient (Wildman–Crippen LogP) is 4.29. The second-order valence-corrected chi connectivity index (χ2v) is 13.9. The van der Waals surface area contributed by atoms with Crippen molar-refractivity contribution in [3.63, 3.8) is 0 Å². The predicted molar refractivity (Wildman–Crippen MR) is 150 cm³/mol. The van der Waals surface area contributed by atoms with Gasteiger partial charge >= 0.3 is 6.03 Å². The number of nitrogens with zero attached hydrogens (tertiary/aromatic N) is 6. The highest BCUT2D eigenvalue weighted by Crippen LogP contribution is 2.45. The van der Waals surface area contributed by atoms with Crippen molar-refractivity contribution in [2.24, 2.45) is 0 Å². The lowest BCUT2D eigenvalue weighted by Gasteiger charge is -2.21. The number of aromatic nitrogens is 5. The zero-order chi connectivity index (χ0) is 28.0. The molecule has 212 valence electrons. The molecular formula is C29H37N7O3S. The van der Waals surface area contributed by atoms with Crippen molar-refractivity contribution in [2.75, 3.05) is 18.8 Å². The number of hydrogen-bond donors (Lipinski definition) is 1. The summed E-state index contributed by atoms with van der Waals surface area (Å²) < 4.78 is 26.2. The molecule has 3 aromatic heterocycles. The third-order valence-electron chi connectivity index (χ3n) is 8.24. The van der Waals surface area contributed by atoms with Crippen molar-refractivity contribution in [3.05, 3.63) is 65.3 Å². The number of sulfone groups is 1. The molecule has 3 aliphatic rings. The summed E-state index contributed by atoms with van der Waals surface area (Å²) in [7, 11) is -3.37. The summed E-state index contributed by atoms with van der Waals surface area (Å²) >= 11 is 0. The average molecular weight is 564 g/mol. The van der Waals surface area contributed by atoms with Gasteiger partial charge in [0.15, 0.2) is 9.84 Å². The van der Waals surface area contributed by atoms with Crippen LogP contribution in [-0.2, 0) is 16.4 Å². The van der Waals surface area contributed by atoms with Crippen molar-refractivity contribution in [2.45, 2.75) is 87.6 Å². The van der Waals surface area contributed by atoms with E-state index in [9.17, 15) is 13.2 Å². The van der Waals surface area contributed by atoms with Gasteiger partial charge in [0.05, 0.1) is 18.0 Å². The van der Waals surface area contributed by atoms with E-state index < -0.39 is 9.84 Å². The summed E-state index contributed by atoms with van der Waals surface area (Å²) in [4.78, 5) is 28.7. The Kier molecular flexibility index (Phi) is 7.10. The molecule has 2 unspecified atom stereocenters. The van der Waals surface area contributed by atoms with E-state index in [0.717, 1.165) is 17.1 Å². The van der Waals surface area contributed by atoms with Crippen molar-refractivity contribution >= 4 is 15.9 Å². The third kappa shape index (κ3) is 5.48. The van der Waals surface area contributed by atoms with Crippen LogP contribution in [0.3, 0.4) is 0 Å². The van der Waals surface area contributed by atoms with Crippen LogP contribution >= 0.6 is 0 Å². The van der Waals surface area contributed by atoms with Crippen LogP contribution in [0.1, 0.15) is 105 Å². The molecule has 2 saturated carbocycles. The normalized spacial score (nSPS) is 21.2. The van der Waals surface area contributed by atoms with Gasteiger partial charge in [-0.25, -0.2) is 23.2 Å². The average Bonchev–Trinajstić information content (AvgIpc) is 3.90. The lowest BCUT2D eigenvalue weighted by molar-refractivity contribution is 0.207. The molecule has 11 heteroatoms. The number of likely N-dealkylation sites (tertiary alicyclic amines) is 1. The van der Waals surface area contributed by atoms with Crippen LogP contribution in [0, 0.1) is 0 Å². The fraction of sp³-hybridized carbons (Fsp3) is 0.552. The van der Waals surface area contributed by atoms with Crippen LogP contribution in [-0.4, -0.2) is 62.9 Å². The molecule has 2 atom stereocenters. The van der Waals surface area contributed by atoms with Gasteiger partial charge in [0.25, 0.3) is 0 Å². The van der Waals surface area contributed by atoms with Crippen molar-refractivity contribution in [1.29, 1.82) is 0 Å². The van der Waals surface area contributed by atoms with Gasteiger partial charge in [0, 0.05) is 72.3 Å². The lowest BCUT2D eigenvalue weighted by atomic mass is 9.89. The number of urea groups is 1. The summed E-state index contributed by atoms with van der Waals surface area (Å²) in [5.41, 5.74) is 4.52. The summed E-state index contributed by atoms with van der Waals surface area (Å²) in [5, 5.41) is 7.93. The highest BCUT2D eigenvalue weighted by Gasteiger charge is 2.41. The number of pyridine rings is 1. The number of carbonyl (C=O) groups excluding carboxylic acids is 1. The molecule has 3 aromatic rings. The molecule has 10 nitrogen and oxygen atoms in total. The summed E-state index contributed by atoms with van der Waals surface area (Å²) in [5.74, 6) is 1.58.